The predicted molar refractivity (Wildman–Crippen MR) is 79.5 cm³/mol. The van der Waals surface area contributed by atoms with Crippen LogP contribution in [0.15, 0.2) is 18.2 Å². The third-order valence-corrected chi connectivity index (χ3v) is 3.51. The summed E-state index contributed by atoms with van der Waals surface area (Å²) in [7, 11) is 0. The summed E-state index contributed by atoms with van der Waals surface area (Å²) < 4.78 is 0. The van der Waals surface area contributed by atoms with E-state index in [9.17, 15) is 9.59 Å². The molecule has 7 heteroatoms. The van der Waals surface area contributed by atoms with E-state index < -0.39 is 18.0 Å². The molecule has 0 fully saturated rings. The summed E-state index contributed by atoms with van der Waals surface area (Å²) in [4.78, 5) is 22.9. The Morgan fingerprint density at radius 1 is 1.35 bits per heavy atom. The molecule has 0 aliphatic carbocycles. The lowest BCUT2D eigenvalue weighted by atomic mass is 9.99. The fourth-order valence-electron chi connectivity index (χ4n) is 1.58. The molecule has 20 heavy (non-hydrogen) atoms. The van der Waals surface area contributed by atoms with Gasteiger partial charge in [-0.3, -0.25) is 0 Å². The Labute approximate surface area is 127 Å². The molecule has 0 aliphatic rings. The molecule has 5 nitrogen and oxygen atoms in total. The quantitative estimate of drug-likeness (QED) is 0.775. The third-order valence-electron chi connectivity index (χ3n) is 2.94. The van der Waals surface area contributed by atoms with Crippen LogP contribution < -0.4 is 10.6 Å². The first-order valence-electron chi connectivity index (χ1n) is 6.10. The molecule has 0 heterocycles. The molecule has 0 saturated heterocycles. The van der Waals surface area contributed by atoms with Gasteiger partial charge < -0.3 is 15.7 Å². The summed E-state index contributed by atoms with van der Waals surface area (Å²) in [5, 5.41) is 14.7. The molecule has 0 aliphatic heterocycles. The number of carboxylic acid groups (broad SMARTS) is 1. The van der Waals surface area contributed by atoms with E-state index in [0.717, 1.165) is 0 Å². The number of amides is 2. The van der Waals surface area contributed by atoms with Gasteiger partial charge in [0, 0.05) is 5.02 Å². The Hall–Kier alpha value is -1.46. The first-order valence-corrected chi connectivity index (χ1v) is 6.86. The SMILES string of the molecule is CC[C@H](C)[C@@H](NC(=O)Nc1cc(Cl)ccc1Cl)C(=O)O. The van der Waals surface area contributed by atoms with Crippen molar-refractivity contribution in [1.82, 2.24) is 5.32 Å². The van der Waals surface area contributed by atoms with Crippen molar-refractivity contribution in [2.75, 3.05) is 5.32 Å². The van der Waals surface area contributed by atoms with Crippen LogP contribution in [0.1, 0.15) is 20.3 Å². The lowest BCUT2D eigenvalue weighted by molar-refractivity contribution is -0.140. The number of urea groups is 1. The number of rotatable bonds is 5. The van der Waals surface area contributed by atoms with Crippen LogP contribution in [0.4, 0.5) is 10.5 Å². The summed E-state index contributed by atoms with van der Waals surface area (Å²) in [6, 6.07) is 3.03. The summed E-state index contributed by atoms with van der Waals surface area (Å²) >= 11 is 11.7. The molecule has 0 unspecified atom stereocenters. The van der Waals surface area contributed by atoms with Crippen LogP contribution in [-0.4, -0.2) is 23.1 Å². The topological polar surface area (TPSA) is 78.4 Å². The normalized spacial score (nSPS) is 13.4. The molecule has 0 aromatic heterocycles. The lowest BCUT2D eigenvalue weighted by Crippen LogP contribution is -2.46. The van der Waals surface area contributed by atoms with Crippen molar-refractivity contribution in [3.8, 4) is 0 Å². The highest BCUT2D eigenvalue weighted by molar-refractivity contribution is 6.35. The van der Waals surface area contributed by atoms with Crippen LogP contribution in [0.25, 0.3) is 0 Å². The highest BCUT2D eigenvalue weighted by Crippen LogP contribution is 2.25. The van der Waals surface area contributed by atoms with E-state index in [2.05, 4.69) is 10.6 Å². The zero-order chi connectivity index (χ0) is 15.3. The van der Waals surface area contributed by atoms with Crippen LogP contribution >= 0.6 is 23.2 Å². The van der Waals surface area contributed by atoms with Gasteiger partial charge in [0.05, 0.1) is 10.7 Å². The fraction of sp³-hybridized carbons (Fsp3) is 0.385. The second-order valence-corrected chi connectivity index (χ2v) is 5.27. The average Bonchev–Trinajstić information content (AvgIpc) is 2.39. The van der Waals surface area contributed by atoms with Crippen molar-refractivity contribution in [1.29, 1.82) is 0 Å². The molecule has 1 aromatic rings. The molecule has 1 aromatic carbocycles. The Kier molecular flexibility index (Phi) is 6.10. The molecule has 2 atom stereocenters. The number of halogens is 2. The van der Waals surface area contributed by atoms with Gasteiger partial charge in [0.25, 0.3) is 0 Å². The van der Waals surface area contributed by atoms with Gasteiger partial charge in [-0.2, -0.15) is 0 Å². The minimum atomic E-state index is -1.08. The van der Waals surface area contributed by atoms with Gasteiger partial charge in [0.2, 0.25) is 0 Å². The minimum absolute atomic E-state index is 0.187. The van der Waals surface area contributed by atoms with Crippen LogP contribution in [0.5, 0.6) is 0 Å². The number of benzene rings is 1. The van der Waals surface area contributed by atoms with Gasteiger partial charge in [0.15, 0.2) is 0 Å². The maximum absolute atomic E-state index is 11.8. The number of carbonyl (C=O) groups excluding carboxylic acids is 1. The summed E-state index contributed by atoms with van der Waals surface area (Å²) in [6.07, 6.45) is 0.634. The van der Waals surface area contributed by atoms with Gasteiger partial charge in [0.1, 0.15) is 6.04 Å². The molecule has 0 bridgehead atoms. The van der Waals surface area contributed by atoms with Gasteiger partial charge in [-0.1, -0.05) is 43.5 Å². The Balaban J connectivity index is 2.75. The molecule has 1 rings (SSSR count). The van der Waals surface area contributed by atoms with Gasteiger partial charge in [-0.25, -0.2) is 9.59 Å². The van der Waals surface area contributed by atoms with Crippen molar-refractivity contribution in [3.05, 3.63) is 28.2 Å². The Morgan fingerprint density at radius 2 is 2.00 bits per heavy atom. The molecular formula is C13H16Cl2N2O3. The predicted octanol–water partition coefficient (Wildman–Crippen LogP) is 3.61. The molecule has 3 N–H and O–H groups in total. The lowest BCUT2D eigenvalue weighted by Gasteiger charge is -2.20. The molecular weight excluding hydrogens is 303 g/mol. The smallest absolute Gasteiger partial charge is 0.326 e. The number of nitrogens with one attached hydrogen (secondary N) is 2. The van der Waals surface area contributed by atoms with E-state index in [1.807, 2.05) is 6.92 Å². The van der Waals surface area contributed by atoms with E-state index >= 15 is 0 Å². The third kappa shape index (κ3) is 4.58. The summed E-state index contributed by atoms with van der Waals surface area (Å²) in [5.41, 5.74) is 0.324. The molecule has 0 radical (unpaired) electrons. The fourth-order valence-corrected chi connectivity index (χ4v) is 1.91. The highest BCUT2D eigenvalue weighted by Gasteiger charge is 2.25. The Morgan fingerprint density at radius 3 is 2.55 bits per heavy atom. The minimum Gasteiger partial charge on any atom is -0.480 e. The zero-order valence-corrected chi connectivity index (χ0v) is 12.6. The highest BCUT2D eigenvalue weighted by atomic mass is 35.5. The van der Waals surface area contributed by atoms with Crippen molar-refractivity contribution < 1.29 is 14.7 Å². The number of carboxylic acids is 1. The number of carbonyl (C=O) groups is 2. The molecule has 0 spiro atoms. The average molecular weight is 319 g/mol. The van der Waals surface area contributed by atoms with Crippen molar-refractivity contribution in [2.24, 2.45) is 5.92 Å². The maximum atomic E-state index is 11.8. The van der Waals surface area contributed by atoms with E-state index in [1.54, 1.807) is 19.1 Å². The number of hydrogen-bond acceptors (Lipinski definition) is 2. The van der Waals surface area contributed by atoms with Crippen LogP contribution in [0.2, 0.25) is 10.0 Å². The number of anilines is 1. The monoisotopic (exact) mass is 318 g/mol. The van der Waals surface area contributed by atoms with Crippen LogP contribution in [-0.2, 0) is 4.79 Å². The van der Waals surface area contributed by atoms with E-state index in [1.165, 1.54) is 6.07 Å². The second kappa shape index (κ2) is 7.36. The second-order valence-electron chi connectivity index (χ2n) is 4.42. The van der Waals surface area contributed by atoms with Gasteiger partial charge in [-0.05, 0) is 24.1 Å². The van der Waals surface area contributed by atoms with Crippen molar-refractivity contribution in [2.45, 2.75) is 26.3 Å². The largest absolute Gasteiger partial charge is 0.480 e. The van der Waals surface area contributed by atoms with Crippen molar-refractivity contribution >= 4 is 40.9 Å². The summed E-state index contributed by atoms with van der Waals surface area (Å²) in [5.74, 6) is -1.26. The molecule has 0 saturated carbocycles. The van der Waals surface area contributed by atoms with Crippen LogP contribution in [0, 0.1) is 5.92 Å². The maximum Gasteiger partial charge on any atom is 0.326 e. The molecule has 2 amide bonds. The first-order chi connectivity index (χ1) is 9.35. The van der Waals surface area contributed by atoms with E-state index in [0.29, 0.717) is 22.2 Å². The van der Waals surface area contributed by atoms with E-state index in [4.69, 9.17) is 28.3 Å². The first kappa shape index (κ1) is 16.6. The number of aliphatic carboxylic acids is 1. The van der Waals surface area contributed by atoms with E-state index in [-0.39, 0.29) is 5.92 Å². The zero-order valence-electron chi connectivity index (χ0n) is 11.1. The van der Waals surface area contributed by atoms with Crippen LogP contribution in [0.3, 0.4) is 0 Å². The van der Waals surface area contributed by atoms with Gasteiger partial charge in [-0.15, -0.1) is 0 Å². The van der Waals surface area contributed by atoms with Crippen molar-refractivity contribution in [3.63, 3.8) is 0 Å². The van der Waals surface area contributed by atoms with Gasteiger partial charge >= 0.3 is 12.0 Å². The number of hydrogen-bond donors (Lipinski definition) is 3. The molecule has 110 valence electrons. The standard InChI is InChI=1S/C13H16Cl2N2O3/c1-3-7(2)11(12(18)19)17-13(20)16-10-6-8(14)4-5-9(10)15/h4-7,11H,3H2,1-2H3,(H,18,19)(H2,16,17,20)/t7-,11+/m0/s1. The Bertz CT molecular complexity index is 508. The summed E-state index contributed by atoms with van der Waals surface area (Å²) in [6.45, 7) is 3.61.